The highest BCUT2D eigenvalue weighted by Crippen LogP contribution is 2.38. The van der Waals surface area contributed by atoms with Gasteiger partial charge in [0.1, 0.15) is 6.04 Å². The largest absolute Gasteiger partial charge is 0.466 e. The first kappa shape index (κ1) is 21.3. The van der Waals surface area contributed by atoms with Gasteiger partial charge in [-0.3, -0.25) is 0 Å². The Kier molecular flexibility index (Phi) is 6.66. The summed E-state index contributed by atoms with van der Waals surface area (Å²) >= 11 is 0. The van der Waals surface area contributed by atoms with Crippen LogP contribution in [0.2, 0.25) is 0 Å². The first-order valence-electron chi connectivity index (χ1n) is 9.01. The van der Waals surface area contributed by atoms with E-state index in [9.17, 15) is 14.4 Å². The summed E-state index contributed by atoms with van der Waals surface area (Å²) in [6.07, 6.45) is -1.16. The maximum atomic E-state index is 12.8. The number of esters is 1. The Balaban J connectivity index is 2.55. The maximum Gasteiger partial charge on any atom is 0.433 e. The van der Waals surface area contributed by atoms with Crippen molar-refractivity contribution in [3.8, 4) is 0 Å². The summed E-state index contributed by atoms with van der Waals surface area (Å²) in [5.41, 5.74) is 1.76. The number of hydrogen-bond acceptors (Lipinski definition) is 6. The number of hydrogen-bond donors (Lipinski definition) is 0. The molecule has 0 aromatic heterocycles. The van der Waals surface area contributed by atoms with Crippen molar-refractivity contribution in [2.45, 2.75) is 52.9 Å². The van der Waals surface area contributed by atoms with E-state index in [1.54, 1.807) is 39.8 Å². The van der Waals surface area contributed by atoms with Crippen LogP contribution >= 0.6 is 0 Å². The predicted octanol–water partition coefficient (Wildman–Crippen LogP) is 3.72. The number of benzene rings is 1. The monoisotopic (exact) mass is 390 g/mol. The highest BCUT2D eigenvalue weighted by atomic mass is 16.6. The fourth-order valence-corrected chi connectivity index (χ4v) is 2.72. The lowest BCUT2D eigenvalue weighted by atomic mass is 9.99. The SMILES string of the molecule is COC(=O)C1=CN(C(=O)OC(C)C)N(C(=O)OC(C)C)C1c1ccc(C)cc1. The number of amides is 2. The lowest BCUT2D eigenvalue weighted by Gasteiger charge is -2.32. The molecule has 2 rings (SSSR count). The van der Waals surface area contributed by atoms with Crippen molar-refractivity contribution in [2.24, 2.45) is 0 Å². The van der Waals surface area contributed by atoms with Crippen LogP contribution in [0.3, 0.4) is 0 Å². The van der Waals surface area contributed by atoms with Crippen molar-refractivity contribution < 1.29 is 28.6 Å². The van der Waals surface area contributed by atoms with Crippen LogP contribution in [0, 0.1) is 6.92 Å². The summed E-state index contributed by atoms with van der Waals surface area (Å²) in [5.74, 6) is -0.659. The summed E-state index contributed by atoms with van der Waals surface area (Å²) < 4.78 is 15.4. The van der Waals surface area contributed by atoms with E-state index >= 15 is 0 Å². The van der Waals surface area contributed by atoms with E-state index in [4.69, 9.17) is 14.2 Å². The molecule has 0 N–H and O–H groups in total. The third-order valence-corrected chi connectivity index (χ3v) is 3.89. The maximum absolute atomic E-state index is 12.8. The van der Waals surface area contributed by atoms with Gasteiger partial charge in [-0.15, -0.1) is 0 Å². The number of ether oxygens (including phenoxy) is 3. The van der Waals surface area contributed by atoms with Crippen LogP contribution in [0.1, 0.15) is 44.9 Å². The molecule has 0 bridgehead atoms. The zero-order valence-corrected chi connectivity index (χ0v) is 17.0. The molecule has 1 aromatic carbocycles. The van der Waals surface area contributed by atoms with Gasteiger partial charge >= 0.3 is 18.2 Å². The Bertz CT molecular complexity index is 769. The van der Waals surface area contributed by atoms with Gasteiger partial charge in [0.2, 0.25) is 0 Å². The molecule has 28 heavy (non-hydrogen) atoms. The Hall–Kier alpha value is -3.03. The summed E-state index contributed by atoms with van der Waals surface area (Å²) in [6, 6.07) is 6.38. The van der Waals surface area contributed by atoms with Gasteiger partial charge in [0.15, 0.2) is 0 Å². The molecular weight excluding hydrogens is 364 g/mol. The fourth-order valence-electron chi connectivity index (χ4n) is 2.72. The topological polar surface area (TPSA) is 85.4 Å². The molecule has 0 saturated carbocycles. The van der Waals surface area contributed by atoms with E-state index < -0.39 is 36.4 Å². The molecule has 1 aliphatic rings. The van der Waals surface area contributed by atoms with Crippen molar-refractivity contribution in [3.05, 3.63) is 47.2 Å². The standard InChI is InChI=1S/C20H26N2O6/c1-12(2)27-19(24)21-11-16(18(23)26-6)17(15-9-7-14(5)8-10-15)22(21)20(25)28-13(3)4/h7-13,17H,1-6H3. The molecule has 0 saturated heterocycles. The zero-order valence-electron chi connectivity index (χ0n) is 17.0. The van der Waals surface area contributed by atoms with Gasteiger partial charge in [0.05, 0.1) is 24.9 Å². The van der Waals surface area contributed by atoms with Crippen molar-refractivity contribution in [1.82, 2.24) is 10.0 Å². The van der Waals surface area contributed by atoms with Gasteiger partial charge in [-0.1, -0.05) is 29.8 Å². The minimum Gasteiger partial charge on any atom is -0.466 e. The van der Waals surface area contributed by atoms with E-state index in [2.05, 4.69) is 0 Å². The second kappa shape index (κ2) is 8.77. The summed E-state index contributed by atoms with van der Waals surface area (Å²) in [4.78, 5) is 37.8. The van der Waals surface area contributed by atoms with Gasteiger partial charge in [-0.2, -0.15) is 10.0 Å². The molecule has 1 aliphatic heterocycles. The average Bonchev–Trinajstić information content (AvgIpc) is 3.01. The van der Waals surface area contributed by atoms with Crippen LogP contribution in [-0.2, 0) is 19.0 Å². The van der Waals surface area contributed by atoms with E-state index in [0.29, 0.717) is 5.56 Å². The van der Waals surface area contributed by atoms with Gasteiger partial charge in [-0.05, 0) is 40.2 Å². The molecule has 1 unspecified atom stereocenters. The summed E-state index contributed by atoms with van der Waals surface area (Å²) in [6.45, 7) is 8.69. The lowest BCUT2D eigenvalue weighted by molar-refractivity contribution is -0.136. The number of rotatable bonds is 4. The van der Waals surface area contributed by atoms with Crippen molar-refractivity contribution in [1.29, 1.82) is 0 Å². The Morgan fingerprint density at radius 3 is 1.96 bits per heavy atom. The summed E-state index contributed by atoms with van der Waals surface area (Å²) in [5, 5.41) is 2.03. The number of carbonyl (C=O) groups excluding carboxylic acids is 3. The fraction of sp³-hybridized carbons (Fsp3) is 0.450. The molecule has 8 heteroatoms. The minimum absolute atomic E-state index is 0.118. The molecule has 1 heterocycles. The minimum atomic E-state index is -0.890. The molecule has 0 spiro atoms. The van der Waals surface area contributed by atoms with E-state index in [1.807, 2.05) is 19.1 Å². The van der Waals surface area contributed by atoms with Crippen LogP contribution in [0.15, 0.2) is 36.0 Å². The molecule has 8 nitrogen and oxygen atoms in total. The van der Waals surface area contributed by atoms with Crippen LogP contribution in [0.5, 0.6) is 0 Å². The molecule has 1 atom stereocenters. The molecular formula is C20H26N2O6. The van der Waals surface area contributed by atoms with E-state index in [1.165, 1.54) is 13.3 Å². The van der Waals surface area contributed by atoms with Gasteiger partial charge < -0.3 is 14.2 Å². The first-order chi connectivity index (χ1) is 13.1. The second-order valence-electron chi connectivity index (χ2n) is 6.94. The smallest absolute Gasteiger partial charge is 0.433 e. The predicted molar refractivity (Wildman–Crippen MR) is 101 cm³/mol. The number of nitrogens with zero attached hydrogens (tertiary/aromatic N) is 2. The van der Waals surface area contributed by atoms with Crippen LogP contribution < -0.4 is 0 Å². The van der Waals surface area contributed by atoms with E-state index in [0.717, 1.165) is 15.6 Å². The molecule has 0 radical (unpaired) electrons. The third-order valence-electron chi connectivity index (χ3n) is 3.89. The number of hydrazine groups is 1. The Morgan fingerprint density at radius 2 is 1.46 bits per heavy atom. The Labute approximate surface area is 164 Å². The van der Waals surface area contributed by atoms with Crippen molar-refractivity contribution in [2.75, 3.05) is 7.11 Å². The molecule has 0 fully saturated rings. The molecule has 0 aliphatic carbocycles. The lowest BCUT2D eigenvalue weighted by Crippen LogP contribution is -2.47. The number of methoxy groups -OCH3 is 1. The highest BCUT2D eigenvalue weighted by molar-refractivity contribution is 5.93. The number of carbonyl (C=O) groups is 3. The summed E-state index contributed by atoms with van der Waals surface area (Å²) in [7, 11) is 1.24. The molecule has 2 amide bonds. The Morgan fingerprint density at radius 1 is 0.929 bits per heavy atom. The third kappa shape index (κ3) is 4.62. The van der Waals surface area contributed by atoms with Crippen LogP contribution in [-0.4, -0.2) is 47.5 Å². The van der Waals surface area contributed by atoms with Crippen molar-refractivity contribution in [3.63, 3.8) is 0 Å². The second-order valence-corrected chi connectivity index (χ2v) is 6.94. The average molecular weight is 390 g/mol. The normalized spacial score (nSPS) is 16.3. The molecule has 152 valence electrons. The van der Waals surface area contributed by atoms with Crippen LogP contribution in [0.4, 0.5) is 9.59 Å². The van der Waals surface area contributed by atoms with Crippen molar-refractivity contribution >= 4 is 18.2 Å². The van der Waals surface area contributed by atoms with E-state index in [-0.39, 0.29) is 5.57 Å². The first-order valence-corrected chi connectivity index (χ1v) is 9.01. The van der Waals surface area contributed by atoms with Crippen LogP contribution in [0.25, 0.3) is 0 Å². The molecule has 1 aromatic rings. The van der Waals surface area contributed by atoms with Gasteiger partial charge in [0.25, 0.3) is 0 Å². The number of aryl methyl sites for hydroxylation is 1. The van der Waals surface area contributed by atoms with Gasteiger partial charge in [0, 0.05) is 6.20 Å². The van der Waals surface area contributed by atoms with Gasteiger partial charge in [-0.25, -0.2) is 14.4 Å². The highest BCUT2D eigenvalue weighted by Gasteiger charge is 2.45. The quantitative estimate of drug-likeness (QED) is 0.575. The zero-order chi connectivity index (χ0) is 21.0.